The average molecular weight is 285 g/mol. The summed E-state index contributed by atoms with van der Waals surface area (Å²) < 4.78 is 5.04. The maximum atomic E-state index is 11.5. The maximum absolute atomic E-state index is 11.5. The number of carbonyl (C=O) groups is 2. The minimum absolute atomic E-state index is 0.154. The maximum Gasteiger partial charge on any atom is 0.329 e. The number of nitrogens with zero attached hydrogens (tertiary/aromatic N) is 1. The molecule has 108 valence electrons. The quantitative estimate of drug-likeness (QED) is 0.505. The molecule has 0 aliphatic heterocycles. The molecule has 0 unspecified atom stereocenters. The summed E-state index contributed by atoms with van der Waals surface area (Å²) in [5.41, 5.74) is 4.07. The van der Waals surface area contributed by atoms with Crippen LogP contribution in [0.5, 0.6) is 0 Å². The van der Waals surface area contributed by atoms with E-state index in [-0.39, 0.29) is 6.54 Å². The van der Waals surface area contributed by atoms with Gasteiger partial charge in [0, 0.05) is 0 Å². The molecule has 6 nitrogen and oxygen atoms in total. The summed E-state index contributed by atoms with van der Waals surface area (Å²) >= 11 is 0. The van der Waals surface area contributed by atoms with Crippen molar-refractivity contribution in [2.24, 2.45) is 5.10 Å². The zero-order chi connectivity index (χ0) is 15.1. The van der Waals surface area contributed by atoms with Gasteiger partial charge in [-0.3, -0.25) is 9.59 Å². The Morgan fingerprint density at radius 1 is 1.19 bits per heavy atom. The number of hydrogen-bond donors (Lipinski definition) is 2. The molecule has 1 heterocycles. The molecule has 2 N–H and O–H groups in total. The Kier molecular flexibility index (Phi) is 4.87. The van der Waals surface area contributed by atoms with Crippen LogP contribution in [0.25, 0.3) is 0 Å². The van der Waals surface area contributed by atoms with Crippen molar-refractivity contribution in [1.82, 2.24) is 10.7 Å². The first-order valence-corrected chi connectivity index (χ1v) is 6.36. The molecule has 0 atom stereocenters. The van der Waals surface area contributed by atoms with E-state index in [4.69, 9.17) is 4.42 Å². The Hall–Kier alpha value is -2.89. The normalized spacial score (nSPS) is 10.5. The van der Waals surface area contributed by atoms with Gasteiger partial charge < -0.3 is 9.73 Å². The number of amides is 2. The van der Waals surface area contributed by atoms with Gasteiger partial charge in [0.05, 0.1) is 19.0 Å². The minimum atomic E-state index is -0.827. The molecular weight excluding hydrogens is 270 g/mol. The Morgan fingerprint density at radius 3 is 2.71 bits per heavy atom. The van der Waals surface area contributed by atoms with E-state index in [1.54, 1.807) is 12.1 Å². The van der Waals surface area contributed by atoms with Crippen LogP contribution in [0.15, 0.2) is 52.2 Å². The number of aryl methyl sites for hydroxylation is 1. The van der Waals surface area contributed by atoms with Gasteiger partial charge in [0.25, 0.3) is 0 Å². The van der Waals surface area contributed by atoms with Crippen LogP contribution in [0, 0.1) is 6.92 Å². The predicted molar refractivity (Wildman–Crippen MR) is 77.5 cm³/mol. The van der Waals surface area contributed by atoms with E-state index in [1.807, 2.05) is 31.2 Å². The summed E-state index contributed by atoms with van der Waals surface area (Å²) in [6.07, 6.45) is 2.99. The molecule has 0 fully saturated rings. The van der Waals surface area contributed by atoms with Crippen LogP contribution in [-0.4, -0.2) is 18.0 Å². The molecule has 0 aliphatic carbocycles. The van der Waals surface area contributed by atoms with Crippen molar-refractivity contribution in [3.8, 4) is 0 Å². The lowest BCUT2D eigenvalue weighted by molar-refractivity contribution is -0.139. The van der Waals surface area contributed by atoms with E-state index < -0.39 is 11.8 Å². The fourth-order valence-electron chi connectivity index (χ4n) is 1.60. The van der Waals surface area contributed by atoms with E-state index in [0.29, 0.717) is 5.76 Å². The number of carbonyl (C=O) groups excluding carboxylic acids is 2. The topological polar surface area (TPSA) is 83.7 Å². The molecule has 0 spiro atoms. The predicted octanol–water partition coefficient (Wildman–Crippen LogP) is 1.35. The number of hydrogen-bond acceptors (Lipinski definition) is 4. The molecule has 2 rings (SSSR count). The van der Waals surface area contributed by atoms with Crippen LogP contribution >= 0.6 is 0 Å². The van der Waals surface area contributed by atoms with Crippen molar-refractivity contribution in [2.75, 3.05) is 0 Å². The lowest BCUT2D eigenvalue weighted by atomic mass is 10.1. The Bertz CT molecular complexity index is 648. The molecule has 1 aromatic heterocycles. The van der Waals surface area contributed by atoms with Crippen molar-refractivity contribution in [3.63, 3.8) is 0 Å². The highest BCUT2D eigenvalue weighted by Crippen LogP contribution is 2.03. The molecule has 0 saturated carbocycles. The van der Waals surface area contributed by atoms with Gasteiger partial charge in [0.1, 0.15) is 5.76 Å². The van der Waals surface area contributed by atoms with Crippen LogP contribution < -0.4 is 10.7 Å². The molecule has 21 heavy (non-hydrogen) atoms. The number of hydrazone groups is 1. The third-order valence-electron chi connectivity index (χ3n) is 2.77. The van der Waals surface area contributed by atoms with E-state index in [2.05, 4.69) is 15.8 Å². The number of nitrogens with one attached hydrogen (secondary N) is 2. The van der Waals surface area contributed by atoms with Gasteiger partial charge in [-0.15, -0.1) is 0 Å². The summed E-state index contributed by atoms with van der Waals surface area (Å²) in [7, 11) is 0. The monoisotopic (exact) mass is 285 g/mol. The van der Waals surface area contributed by atoms with Gasteiger partial charge in [-0.2, -0.15) is 5.10 Å². The van der Waals surface area contributed by atoms with Gasteiger partial charge in [-0.05, 0) is 30.2 Å². The molecule has 2 amide bonds. The van der Waals surface area contributed by atoms with Crippen LogP contribution in [0.1, 0.15) is 16.9 Å². The van der Waals surface area contributed by atoms with Crippen molar-refractivity contribution < 1.29 is 14.0 Å². The summed E-state index contributed by atoms with van der Waals surface area (Å²) in [5, 5.41) is 6.19. The first kappa shape index (κ1) is 14.5. The summed E-state index contributed by atoms with van der Waals surface area (Å²) in [5.74, 6) is -1.03. The molecule has 0 radical (unpaired) electrons. The average Bonchev–Trinajstić information content (AvgIpc) is 3.00. The second-order valence-corrected chi connectivity index (χ2v) is 4.32. The number of rotatable bonds is 4. The SMILES string of the molecule is Cc1ccccc1/C=N\NC(=O)C(=O)NCc1ccco1. The molecule has 2 aromatic rings. The summed E-state index contributed by atoms with van der Waals surface area (Å²) in [6, 6.07) is 11.0. The first-order chi connectivity index (χ1) is 10.2. The fourth-order valence-corrected chi connectivity index (χ4v) is 1.60. The molecule has 1 aromatic carbocycles. The van der Waals surface area contributed by atoms with Crippen molar-refractivity contribution in [3.05, 3.63) is 59.5 Å². The van der Waals surface area contributed by atoms with Crippen LogP contribution in [0.2, 0.25) is 0 Å². The highest BCUT2D eigenvalue weighted by atomic mass is 16.3. The molecule has 0 saturated heterocycles. The van der Waals surface area contributed by atoms with Crippen molar-refractivity contribution in [2.45, 2.75) is 13.5 Å². The van der Waals surface area contributed by atoms with Gasteiger partial charge in [-0.1, -0.05) is 24.3 Å². The summed E-state index contributed by atoms with van der Waals surface area (Å²) in [6.45, 7) is 2.08. The highest BCUT2D eigenvalue weighted by Gasteiger charge is 2.12. The van der Waals surface area contributed by atoms with Crippen LogP contribution in [0.4, 0.5) is 0 Å². The second-order valence-electron chi connectivity index (χ2n) is 4.32. The third-order valence-corrected chi connectivity index (χ3v) is 2.77. The van der Waals surface area contributed by atoms with Gasteiger partial charge in [0.15, 0.2) is 0 Å². The standard InChI is InChI=1S/C15H15N3O3/c1-11-5-2-3-6-12(11)9-17-18-15(20)14(19)16-10-13-7-4-8-21-13/h2-9H,10H2,1H3,(H,16,19)(H,18,20)/b17-9-. The molecule has 6 heteroatoms. The first-order valence-electron chi connectivity index (χ1n) is 6.36. The van der Waals surface area contributed by atoms with E-state index in [0.717, 1.165) is 11.1 Å². The molecule has 0 aliphatic rings. The number of benzene rings is 1. The smallest absolute Gasteiger partial charge is 0.329 e. The van der Waals surface area contributed by atoms with Gasteiger partial charge in [-0.25, -0.2) is 5.43 Å². The molecular formula is C15H15N3O3. The zero-order valence-electron chi connectivity index (χ0n) is 11.5. The van der Waals surface area contributed by atoms with Crippen molar-refractivity contribution >= 4 is 18.0 Å². The Labute approximate surface area is 121 Å². The largest absolute Gasteiger partial charge is 0.467 e. The Morgan fingerprint density at radius 2 is 2.00 bits per heavy atom. The third kappa shape index (κ3) is 4.31. The van der Waals surface area contributed by atoms with E-state index in [9.17, 15) is 9.59 Å². The lowest BCUT2D eigenvalue weighted by Gasteiger charge is -2.02. The number of furan rings is 1. The van der Waals surface area contributed by atoms with Crippen LogP contribution in [-0.2, 0) is 16.1 Å². The lowest BCUT2D eigenvalue weighted by Crippen LogP contribution is -2.37. The zero-order valence-corrected chi connectivity index (χ0v) is 11.5. The van der Waals surface area contributed by atoms with E-state index in [1.165, 1.54) is 12.5 Å². The van der Waals surface area contributed by atoms with Crippen molar-refractivity contribution in [1.29, 1.82) is 0 Å². The summed E-state index contributed by atoms with van der Waals surface area (Å²) in [4.78, 5) is 23.0. The van der Waals surface area contributed by atoms with Gasteiger partial charge in [0.2, 0.25) is 0 Å². The minimum Gasteiger partial charge on any atom is -0.467 e. The van der Waals surface area contributed by atoms with Gasteiger partial charge >= 0.3 is 11.8 Å². The highest BCUT2D eigenvalue weighted by molar-refractivity contribution is 6.35. The van der Waals surface area contributed by atoms with E-state index >= 15 is 0 Å². The second kappa shape index (κ2) is 7.04. The fraction of sp³-hybridized carbons (Fsp3) is 0.133. The van der Waals surface area contributed by atoms with Crippen LogP contribution in [0.3, 0.4) is 0 Å². The Balaban J connectivity index is 1.81. The molecule has 0 bridgehead atoms.